The number of benzene rings is 1. The molecule has 1 fully saturated rings. The maximum absolute atomic E-state index is 12.1. The molecule has 2 rings (SSSR count). The van der Waals surface area contributed by atoms with Crippen molar-refractivity contribution in [2.75, 3.05) is 26.2 Å². The normalized spacial score (nSPS) is 14.9. The Balaban J connectivity index is 1.86. The van der Waals surface area contributed by atoms with Crippen molar-refractivity contribution in [1.82, 2.24) is 10.2 Å². The molecule has 0 aromatic heterocycles. The van der Waals surface area contributed by atoms with E-state index in [9.17, 15) is 9.90 Å². The molecule has 1 aromatic carbocycles. The van der Waals surface area contributed by atoms with Gasteiger partial charge in [0, 0.05) is 31.7 Å². The Bertz CT molecular complexity index is 523. The van der Waals surface area contributed by atoms with Crippen LogP contribution in [-0.2, 0) is 11.3 Å². The highest BCUT2D eigenvalue weighted by Crippen LogP contribution is 2.19. The van der Waals surface area contributed by atoms with Crippen LogP contribution in [-0.4, -0.2) is 47.8 Å². The Labute approximate surface area is 145 Å². The van der Waals surface area contributed by atoms with Gasteiger partial charge in [0.15, 0.2) is 6.61 Å². The molecular weight excluding hydrogens is 304 g/mol. The molecule has 1 heterocycles. The maximum atomic E-state index is 12.1. The SMILES string of the molecule is CCC(O)(CC)CNCc1ccccc1OCC(=O)N1CCCC1. The number of aliphatic hydroxyl groups is 1. The summed E-state index contributed by atoms with van der Waals surface area (Å²) in [6.07, 6.45) is 3.62. The topological polar surface area (TPSA) is 61.8 Å². The van der Waals surface area contributed by atoms with Crippen LogP contribution in [0.4, 0.5) is 0 Å². The van der Waals surface area contributed by atoms with Crippen LogP contribution in [0.5, 0.6) is 5.75 Å². The number of nitrogens with zero attached hydrogens (tertiary/aromatic N) is 1. The molecule has 2 N–H and O–H groups in total. The van der Waals surface area contributed by atoms with Gasteiger partial charge in [0.25, 0.3) is 5.91 Å². The molecule has 0 unspecified atom stereocenters. The number of amides is 1. The van der Waals surface area contributed by atoms with E-state index in [1.54, 1.807) is 0 Å². The zero-order valence-electron chi connectivity index (χ0n) is 14.9. The van der Waals surface area contributed by atoms with Crippen molar-refractivity contribution in [1.29, 1.82) is 0 Å². The van der Waals surface area contributed by atoms with Crippen LogP contribution < -0.4 is 10.1 Å². The highest BCUT2D eigenvalue weighted by molar-refractivity contribution is 5.78. The van der Waals surface area contributed by atoms with Gasteiger partial charge in [-0.05, 0) is 31.7 Å². The molecular formula is C19H30N2O3. The van der Waals surface area contributed by atoms with Crippen LogP contribution >= 0.6 is 0 Å². The molecule has 5 nitrogen and oxygen atoms in total. The van der Waals surface area contributed by atoms with Gasteiger partial charge in [-0.2, -0.15) is 0 Å². The predicted octanol–water partition coefficient (Wildman–Crippen LogP) is 2.33. The second-order valence-electron chi connectivity index (χ2n) is 6.52. The molecule has 0 bridgehead atoms. The Morgan fingerprint density at radius 1 is 1.25 bits per heavy atom. The van der Waals surface area contributed by atoms with Gasteiger partial charge in [-0.1, -0.05) is 32.0 Å². The standard InChI is InChI=1S/C19H30N2O3/c1-3-19(23,4-2)15-20-13-16-9-5-6-10-17(16)24-14-18(22)21-11-7-8-12-21/h5-6,9-10,20,23H,3-4,7-8,11-15H2,1-2H3. The molecule has 0 radical (unpaired) electrons. The van der Waals surface area contributed by atoms with Crippen LogP contribution in [0.1, 0.15) is 45.1 Å². The van der Waals surface area contributed by atoms with Gasteiger partial charge in [0.2, 0.25) is 0 Å². The molecule has 1 aliphatic rings. The lowest BCUT2D eigenvalue weighted by molar-refractivity contribution is -0.132. The summed E-state index contributed by atoms with van der Waals surface area (Å²) in [5.41, 5.74) is 0.336. The average Bonchev–Trinajstić information content (AvgIpc) is 3.15. The Hall–Kier alpha value is -1.59. The first-order valence-electron chi connectivity index (χ1n) is 8.99. The van der Waals surface area contributed by atoms with E-state index in [1.165, 1.54) is 0 Å². The summed E-state index contributed by atoms with van der Waals surface area (Å²) >= 11 is 0. The van der Waals surface area contributed by atoms with Gasteiger partial charge in [-0.25, -0.2) is 0 Å². The molecule has 1 aromatic rings. The fourth-order valence-corrected chi connectivity index (χ4v) is 2.92. The molecule has 0 spiro atoms. The highest BCUT2D eigenvalue weighted by atomic mass is 16.5. The summed E-state index contributed by atoms with van der Waals surface area (Å²) in [6, 6.07) is 7.74. The molecule has 1 aliphatic heterocycles. The minimum Gasteiger partial charge on any atom is -0.483 e. The largest absolute Gasteiger partial charge is 0.483 e. The van der Waals surface area contributed by atoms with Crippen LogP contribution in [0.2, 0.25) is 0 Å². The molecule has 134 valence electrons. The van der Waals surface area contributed by atoms with Crippen LogP contribution in [0.25, 0.3) is 0 Å². The Kier molecular flexibility index (Phi) is 7.06. The zero-order valence-corrected chi connectivity index (χ0v) is 14.9. The van der Waals surface area contributed by atoms with Gasteiger partial charge in [-0.3, -0.25) is 4.79 Å². The van der Waals surface area contributed by atoms with E-state index in [2.05, 4.69) is 5.32 Å². The van der Waals surface area contributed by atoms with E-state index in [0.717, 1.165) is 50.1 Å². The summed E-state index contributed by atoms with van der Waals surface area (Å²) < 4.78 is 5.75. The Morgan fingerprint density at radius 3 is 2.58 bits per heavy atom. The van der Waals surface area contributed by atoms with E-state index in [-0.39, 0.29) is 12.5 Å². The van der Waals surface area contributed by atoms with Crippen LogP contribution in [0, 0.1) is 0 Å². The monoisotopic (exact) mass is 334 g/mol. The van der Waals surface area contributed by atoms with E-state index in [4.69, 9.17) is 4.74 Å². The summed E-state index contributed by atoms with van der Waals surface area (Å²) in [7, 11) is 0. The van der Waals surface area contributed by atoms with Crippen molar-refractivity contribution in [3.63, 3.8) is 0 Å². The molecule has 0 aliphatic carbocycles. The van der Waals surface area contributed by atoms with E-state index >= 15 is 0 Å². The van der Waals surface area contributed by atoms with Crippen LogP contribution in [0.3, 0.4) is 0 Å². The lowest BCUT2D eigenvalue weighted by Gasteiger charge is -2.25. The Morgan fingerprint density at radius 2 is 1.92 bits per heavy atom. The second-order valence-corrected chi connectivity index (χ2v) is 6.52. The number of ether oxygens (including phenoxy) is 1. The van der Waals surface area contributed by atoms with Gasteiger partial charge in [0.05, 0.1) is 5.60 Å². The lowest BCUT2D eigenvalue weighted by atomic mass is 9.97. The van der Waals surface area contributed by atoms with Crippen LogP contribution in [0.15, 0.2) is 24.3 Å². The fourth-order valence-electron chi connectivity index (χ4n) is 2.92. The smallest absolute Gasteiger partial charge is 0.260 e. The van der Waals surface area contributed by atoms with Crippen molar-refractivity contribution in [3.05, 3.63) is 29.8 Å². The number of nitrogens with one attached hydrogen (secondary N) is 1. The summed E-state index contributed by atoms with van der Waals surface area (Å²) in [4.78, 5) is 14.0. The van der Waals surface area contributed by atoms with Gasteiger partial charge >= 0.3 is 0 Å². The first kappa shape index (κ1) is 18.7. The number of carbonyl (C=O) groups is 1. The minimum absolute atomic E-state index is 0.0570. The molecule has 1 amide bonds. The highest BCUT2D eigenvalue weighted by Gasteiger charge is 2.22. The van der Waals surface area contributed by atoms with Crippen molar-refractivity contribution in [2.45, 2.75) is 51.7 Å². The minimum atomic E-state index is -0.665. The quantitative estimate of drug-likeness (QED) is 0.728. The van der Waals surface area contributed by atoms with Crippen molar-refractivity contribution < 1.29 is 14.6 Å². The van der Waals surface area contributed by atoms with E-state index < -0.39 is 5.60 Å². The fraction of sp³-hybridized carbons (Fsp3) is 0.632. The molecule has 24 heavy (non-hydrogen) atoms. The molecule has 0 saturated carbocycles. The van der Waals surface area contributed by atoms with Crippen molar-refractivity contribution in [3.8, 4) is 5.75 Å². The number of hydrogen-bond donors (Lipinski definition) is 2. The van der Waals surface area contributed by atoms with Crippen molar-refractivity contribution in [2.24, 2.45) is 0 Å². The van der Waals surface area contributed by atoms with Gasteiger partial charge in [0.1, 0.15) is 5.75 Å². The number of likely N-dealkylation sites (tertiary alicyclic amines) is 1. The third-order valence-corrected chi connectivity index (χ3v) is 4.87. The first-order chi connectivity index (χ1) is 11.6. The average molecular weight is 334 g/mol. The summed E-state index contributed by atoms with van der Waals surface area (Å²) in [6.45, 7) is 6.91. The maximum Gasteiger partial charge on any atom is 0.260 e. The summed E-state index contributed by atoms with van der Waals surface area (Å²) in [5.74, 6) is 0.788. The molecule has 5 heteroatoms. The van der Waals surface area contributed by atoms with E-state index in [0.29, 0.717) is 13.1 Å². The number of carbonyl (C=O) groups excluding carboxylic acids is 1. The molecule has 0 atom stereocenters. The second kappa shape index (κ2) is 9.04. The molecule has 1 saturated heterocycles. The zero-order chi connectivity index (χ0) is 17.4. The van der Waals surface area contributed by atoms with Gasteiger partial charge < -0.3 is 20.1 Å². The summed E-state index contributed by atoms with van der Waals surface area (Å²) in [5, 5.41) is 13.6. The van der Waals surface area contributed by atoms with Gasteiger partial charge in [-0.15, -0.1) is 0 Å². The number of para-hydroxylation sites is 1. The lowest BCUT2D eigenvalue weighted by Crippen LogP contribution is -2.39. The first-order valence-corrected chi connectivity index (χ1v) is 8.99. The third-order valence-electron chi connectivity index (χ3n) is 4.87. The van der Waals surface area contributed by atoms with E-state index in [1.807, 2.05) is 43.0 Å². The predicted molar refractivity (Wildman–Crippen MR) is 95.0 cm³/mol. The number of hydrogen-bond acceptors (Lipinski definition) is 4. The van der Waals surface area contributed by atoms with Crippen molar-refractivity contribution >= 4 is 5.91 Å². The number of rotatable bonds is 9. The third kappa shape index (κ3) is 5.21.